The average Bonchev–Trinajstić information content (AvgIpc) is 2.83. The lowest BCUT2D eigenvalue weighted by atomic mass is 9.91. The molecule has 1 atom stereocenters. The second-order valence-corrected chi connectivity index (χ2v) is 4.82. The van der Waals surface area contributed by atoms with Crippen LogP contribution in [0.5, 0.6) is 0 Å². The second-order valence-electron chi connectivity index (χ2n) is 4.82. The Kier molecular flexibility index (Phi) is 2.52. The summed E-state index contributed by atoms with van der Waals surface area (Å²) in [5.41, 5.74) is 4.90. The van der Waals surface area contributed by atoms with Crippen LogP contribution in [0, 0.1) is 18.2 Å². The normalized spacial score (nSPS) is 20.0. The van der Waals surface area contributed by atoms with Gasteiger partial charge in [-0.1, -0.05) is 13.0 Å². The summed E-state index contributed by atoms with van der Waals surface area (Å²) < 4.78 is 13.3. The van der Waals surface area contributed by atoms with Crippen LogP contribution in [-0.2, 0) is 0 Å². The number of hydrazine groups is 1. The molecule has 1 unspecified atom stereocenters. The monoisotopic (exact) mass is 208 g/mol. The number of rotatable bonds is 3. The van der Waals surface area contributed by atoms with Gasteiger partial charge in [-0.3, -0.25) is 11.3 Å². The molecule has 15 heavy (non-hydrogen) atoms. The summed E-state index contributed by atoms with van der Waals surface area (Å²) in [5, 5.41) is 0. The maximum absolute atomic E-state index is 13.3. The van der Waals surface area contributed by atoms with Crippen molar-refractivity contribution < 1.29 is 4.39 Å². The summed E-state index contributed by atoms with van der Waals surface area (Å²) in [4.78, 5) is 0. The van der Waals surface area contributed by atoms with Crippen molar-refractivity contribution >= 4 is 0 Å². The highest BCUT2D eigenvalue weighted by molar-refractivity contribution is 5.28. The molecular formula is C12H17FN2. The Labute approximate surface area is 89.6 Å². The summed E-state index contributed by atoms with van der Waals surface area (Å²) in [6, 6.07) is 5.16. The van der Waals surface area contributed by atoms with Gasteiger partial charge in [0.25, 0.3) is 0 Å². The molecule has 1 fully saturated rings. The lowest BCUT2D eigenvalue weighted by molar-refractivity contribution is 0.371. The number of nitrogens with one attached hydrogen (secondary N) is 1. The maximum atomic E-state index is 13.3. The van der Waals surface area contributed by atoms with Crippen molar-refractivity contribution in [1.82, 2.24) is 5.43 Å². The van der Waals surface area contributed by atoms with E-state index in [1.165, 1.54) is 6.07 Å². The zero-order valence-corrected chi connectivity index (χ0v) is 9.18. The van der Waals surface area contributed by atoms with E-state index in [1.54, 1.807) is 6.07 Å². The number of halogens is 1. The zero-order chi connectivity index (χ0) is 11.1. The van der Waals surface area contributed by atoms with Crippen LogP contribution < -0.4 is 11.3 Å². The van der Waals surface area contributed by atoms with Gasteiger partial charge in [-0.05, 0) is 48.4 Å². The predicted octanol–water partition coefficient (Wildman–Crippen LogP) is 2.44. The lowest BCUT2D eigenvalue weighted by Gasteiger charge is -2.23. The fraction of sp³-hybridized carbons (Fsp3) is 0.500. The summed E-state index contributed by atoms with van der Waals surface area (Å²) in [6.45, 7) is 4.08. The number of nitrogens with two attached hydrogens (primary N) is 1. The van der Waals surface area contributed by atoms with Crippen molar-refractivity contribution in [1.29, 1.82) is 0 Å². The zero-order valence-electron chi connectivity index (χ0n) is 9.18. The largest absolute Gasteiger partial charge is 0.271 e. The first-order valence-electron chi connectivity index (χ1n) is 5.28. The van der Waals surface area contributed by atoms with E-state index in [9.17, 15) is 4.39 Å². The third-order valence-corrected chi connectivity index (χ3v) is 3.30. The molecular weight excluding hydrogens is 191 g/mol. The molecule has 3 heteroatoms. The molecule has 0 amide bonds. The van der Waals surface area contributed by atoms with Crippen LogP contribution in [0.15, 0.2) is 18.2 Å². The first-order chi connectivity index (χ1) is 7.05. The van der Waals surface area contributed by atoms with E-state index in [2.05, 4.69) is 12.3 Å². The minimum absolute atomic E-state index is 0.0619. The third-order valence-electron chi connectivity index (χ3n) is 3.30. The van der Waals surface area contributed by atoms with Crippen LogP contribution in [0.4, 0.5) is 4.39 Å². The molecule has 0 aromatic heterocycles. The van der Waals surface area contributed by atoms with Crippen molar-refractivity contribution in [2.24, 2.45) is 11.3 Å². The molecule has 1 aromatic carbocycles. The number of benzene rings is 1. The van der Waals surface area contributed by atoms with E-state index >= 15 is 0 Å². The number of hydrogen-bond acceptors (Lipinski definition) is 2. The molecule has 0 spiro atoms. The molecule has 1 aliphatic carbocycles. The number of aryl methyl sites for hydroxylation is 1. The molecule has 1 aromatic rings. The van der Waals surface area contributed by atoms with Gasteiger partial charge in [-0.25, -0.2) is 4.39 Å². The highest BCUT2D eigenvalue weighted by Crippen LogP contribution is 2.54. The first-order valence-corrected chi connectivity index (χ1v) is 5.28. The SMILES string of the molecule is Cc1cc(F)cc(C(NN)C2(C)CC2)c1. The average molecular weight is 208 g/mol. The van der Waals surface area contributed by atoms with Crippen LogP contribution in [0.25, 0.3) is 0 Å². The molecule has 1 saturated carbocycles. The molecule has 0 saturated heterocycles. The highest BCUT2D eigenvalue weighted by atomic mass is 19.1. The Morgan fingerprint density at radius 1 is 1.40 bits per heavy atom. The standard InChI is InChI=1S/C12H17FN2/c1-8-5-9(7-10(13)6-8)11(15-14)12(2)3-4-12/h5-7,11,15H,3-4,14H2,1-2H3. The van der Waals surface area contributed by atoms with E-state index in [1.807, 2.05) is 13.0 Å². The van der Waals surface area contributed by atoms with Crippen molar-refractivity contribution in [3.8, 4) is 0 Å². The molecule has 3 N–H and O–H groups in total. The summed E-state index contributed by atoms with van der Waals surface area (Å²) in [5.74, 6) is 5.37. The van der Waals surface area contributed by atoms with E-state index in [4.69, 9.17) is 5.84 Å². The molecule has 0 radical (unpaired) electrons. The van der Waals surface area contributed by atoms with Crippen LogP contribution in [0.1, 0.15) is 36.9 Å². The molecule has 1 aliphatic rings. The smallest absolute Gasteiger partial charge is 0.123 e. The van der Waals surface area contributed by atoms with Crippen molar-refractivity contribution in [2.45, 2.75) is 32.7 Å². The topological polar surface area (TPSA) is 38.0 Å². The van der Waals surface area contributed by atoms with Gasteiger partial charge in [-0.2, -0.15) is 0 Å². The maximum Gasteiger partial charge on any atom is 0.123 e. The van der Waals surface area contributed by atoms with Crippen molar-refractivity contribution in [3.05, 3.63) is 35.1 Å². The number of hydrogen-bond donors (Lipinski definition) is 2. The van der Waals surface area contributed by atoms with E-state index in [0.29, 0.717) is 0 Å². The lowest BCUT2D eigenvalue weighted by Crippen LogP contribution is -2.33. The Hall–Kier alpha value is -0.930. The predicted molar refractivity (Wildman–Crippen MR) is 58.5 cm³/mol. The highest BCUT2D eigenvalue weighted by Gasteiger charge is 2.45. The van der Waals surface area contributed by atoms with Crippen molar-refractivity contribution in [2.75, 3.05) is 0 Å². The Morgan fingerprint density at radius 2 is 2.07 bits per heavy atom. The molecule has 0 bridgehead atoms. The van der Waals surface area contributed by atoms with E-state index in [-0.39, 0.29) is 17.3 Å². The third kappa shape index (κ3) is 2.03. The molecule has 2 nitrogen and oxygen atoms in total. The molecule has 2 rings (SSSR count). The Morgan fingerprint density at radius 3 is 2.53 bits per heavy atom. The van der Waals surface area contributed by atoms with E-state index < -0.39 is 0 Å². The fourth-order valence-electron chi connectivity index (χ4n) is 2.12. The van der Waals surface area contributed by atoms with Gasteiger partial charge < -0.3 is 0 Å². The van der Waals surface area contributed by atoms with Gasteiger partial charge in [0.15, 0.2) is 0 Å². The van der Waals surface area contributed by atoms with Crippen molar-refractivity contribution in [3.63, 3.8) is 0 Å². The van der Waals surface area contributed by atoms with Gasteiger partial charge >= 0.3 is 0 Å². The van der Waals surface area contributed by atoms with E-state index in [0.717, 1.165) is 24.0 Å². The second kappa shape index (κ2) is 3.58. The quantitative estimate of drug-likeness (QED) is 0.591. The minimum atomic E-state index is -0.186. The van der Waals surface area contributed by atoms with Crippen LogP contribution >= 0.6 is 0 Å². The minimum Gasteiger partial charge on any atom is -0.271 e. The first kappa shape index (κ1) is 10.6. The van der Waals surface area contributed by atoms with Gasteiger partial charge in [-0.15, -0.1) is 0 Å². The summed E-state index contributed by atoms with van der Waals surface area (Å²) in [7, 11) is 0. The van der Waals surface area contributed by atoms with Gasteiger partial charge in [0.1, 0.15) is 5.82 Å². The summed E-state index contributed by atoms with van der Waals surface area (Å²) >= 11 is 0. The van der Waals surface area contributed by atoms with Gasteiger partial charge in [0.05, 0.1) is 6.04 Å². The Bertz CT molecular complexity index is 352. The van der Waals surface area contributed by atoms with Crippen LogP contribution in [0.3, 0.4) is 0 Å². The van der Waals surface area contributed by atoms with Crippen LogP contribution in [-0.4, -0.2) is 0 Å². The fourth-order valence-corrected chi connectivity index (χ4v) is 2.12. The van der Waals surface area contributed by atoms with Gasteiger partial charge in [0, 0.05) is 0 Å². The van der Waals surface area contributed by atoms with Crippen LogP contribution in [0.2, 0.25) is 0 Å². The summed E-state index contributed by atoms with van der Waals surface area (Å²) in [6.07, 6.45) is 2.30. The molecule has 0 aliphatic heterocycles. The Balaban J connectivity index is 2.34. The van der Waals surface area contributed by atoms with Gasteiger partial charge in [0.2, 0.25) is 0 Å². The molecule has 0 heterocycles. The molecule has 82 valence electrons.